The summed E-state index contributed by atoms with van der Waals surface area (Å²) in [5.41, 5.74) is 0.908. The molecule has 0 atom stereocenters. The number of rotatable bonds is 9. The van der Waals surface area contributed by atoms with Gasteiger partial charge < -0.3 is 14.8 Å². The minimum absolute atomic E-state index is 0.271. The van der Waals surface area contributed by atoms with Gasteiger partial charge in [0.2, 0.25) is 0 Å². The van der Waals surface area contributed by atoms with Gasteiger partial charge in [-0.1, -0.05) is 60.7 Å². The van der Waals surface area contributed by atoms with Crippen molar-refractivity contribution in [2.75, 3.05) is 20.8 Å². The zero-order valence-corrected chi connectivity index (χ0v) is 19.1. The largest absolute Gasteiger partial charge is 0.497 e. The highest BCUT2D eigenvalue weighted by atomic mass is 16.5. The highest BCUT2D eigenvalue weighted by Crippen LogP contribution is 2.29. The number of carbonyl (C=O) groups excluding carboxylic acids is 3. The molecular formula is C27H26N2O5. The van der Waals surface area contributed by atoms with Crippen molar-refractivity contribution in [3.05, 3.63) is 95.6 Å². The van der Waals surface area contributed by atoms with Gasteiger partial charge in [-0.2, -0.15) is 0 Å². The van der Waals surface area contributed by atoms with Crippen LogP contribution in [-0.2, 0) is 17.6 Å². The van der Waals surface area contributed by atoms with Gasteiger partial charge in [0.15, 0.2) is 5.78 Å². The number of nitrogens with one attached hydrogen (secondary N) is 1. The van der Waals surface area contributed by atoms with Crippen LogP contribution in [0.5, 0.6) is 11.5 Å². The average Bonchev–Trinajstić information content (AvgIpc) is 3.08. The quantitative estimate of drug-likeness (QED) is 0.391. The number of benzene rings is 3. The number of hydrogen-bond donors (Lipinski definition) is 1. The van der Waals surface area contributed by atoms with Gasteiger partial charge in [-0.15, -0.1) is 0 Å². The molecule has 7 nitrogen and oxygen atoms in total. The third-order valence-electron chi connectivity index (χ3n) is 5.95. The molecule has 174 valence electrons. The van der Waals surface area contributed by atoms with E-state index in [9.17, 15) is 14.4 Å². The van der Waals surface area contributed by atoms with Gasteiger partial charge in [0.25, 0.3) is 5.91 Å². The molecule has 1 aliphatic rings. The maximum atomic E-state index is 13.7. The zero-order valence-electron chi connectivity index (χ0n) is 19.1. The molecule has 3 aromatic rings. The number of ketones is 1. The van der Waals surface area contributed by atoms with E-state index >= 15 is 0 Å². The summed E-state index contributed by atoms with van der Waals surface area (Å²) >= 11 is 0. The first-order valence-electron chi connectivity index (χ1n) is 10.9. The van der Waals surface area contributed by atoms with Crippen LogP contribution in [0, 0.1) is 0 Å². The molecule has 1 fully saturated rings. The topological polar surface area (TPSA) is 84.9 Å². The molecule has 0 radical (unpaired) electrons. The van der Waals surface area contributed by atoms with Crippen LogP contribution in [0.3, 0.4) is 0 Å². The van der Waals surface area contributed by atoms with E-state index in [0.29, 0.717) is 24.3 Å². The average molecular weight is 459 g/mol. The van der Waals surface area contributed by atoms with Crippen LogP contribution >= 0.6 is 0 Å². The summed E-state index contributed by atoms with van der Waals surface area (Å²) in [6, 6.07) is 23.3. The van der Waals surface area contributed by atoms with Gasteiger partial charge in [0, 0.05) is 18.9 Å². The molecule has 1 heterocycles. The number of methoxy groups -OCH3 is 2. The van der Waals surface area contributed by atoms with Gasteiger partial charge in [-0.3, -0.25) is 14.5 Å². The van der Waals surface area contributed by atoms with Gasteiger partial charge in [0.1, 0.15) is 17.0 Å². The summed E-state index contributed by atoms with van der Waals surface area (Å²) in [5.74, 6) is 0.0219. The number of Topliss-reactive ketones (excluding diaryl/α,β-unsaturated/α-hetero) is 1. The third-order valence-corrected chi connectivity index (χ3v) is 5.95. The van der Waals surface area contributed by atoms with Crippen molar-refractivity contribution in [3.63, 3.8) is 0 Å². The highest BCUT2D eigenvalue weighted by Gasteiger charge is 2.51. The van der Waals surface area contributed by atoms with Gasteiger partial charge in [-0.25, -0.2) is 4.79 Å². The molecule has 1 aliphatic heterocycles. The molecule has 0 saturated carbocycles. The van der Waals surface area contributed by atoms with Crippen LogP contribution in [0.4, 0.5) is 4.79 Å². The molecule has 0 spiro atoms. The summed E-state index contributed by atoms with van der Waals surface area (Å²) in [6.07, 6.45) is 0.619. The third kappa shape index (κ3) is 4.64. The summed E-state index contributed by atoms with van der Waals surface area (Å²) in [5, 5.41) is 2.90. The normalized spacial score (nSPS) is 14.6. The Morgan fingerprint density at radius 1 is 0.853 bits per heavy atom. The Hall–Kier alpha value is -4.13. The molecule has 7 heteroatoms. The van der Waals surface area contributed by atoms with E-state index in [0.717, 1.165) is 16.0 Å². The number of hydrogen-bond acceptors (Lipinski definition) is 5. The van der Waals surface area contributed by atoms with E-state index in [1.807, 2.05) is 60.7 Å². The van der Waals surface area contributed by atoms with E-state index in [-0.39, 0.29) is 5.56 Å². The monoisotopic (exact) mass is 458 g/mol. The number of amides is 3. The van der Waals surface area contributed by atoms with Crippen LogP contribution in [0.2, 0.25) is 0 Å². The second-order valence-electron chi connectivity index (χ2n) is 8.22. The van der Waals surface area contributed by atoms with Crippen LogP contribution in [0.15, 0.2) is 78.9 Å². The maximum absolute atomic E-state index is 13.7. The van der Waals surface area contributed by atoms with Crippen LogP contribution in [-0.4, -0.2) is 48.9 Å². The van der Waals surface area contributed by atoms with Crippen molar-refractivity contribution in [1.82, 2.24) is 10.2 Å². The molecule has 34 heavy (non-hydrogen) atoms. The Bertz CT molecular complexity index is 1150. The van der Waals surface area contributed by atoms with Crippen LogP contribution in [0.1, 0.15) is 21.5 Å². The summed E-state index contributed by atoms with van der Waals surface area (Å²) in [4.78, 5) is 40.8. The number of imide groups is 1. The van der Waals surface area contributed by atoms with Gasteiger partial charge >= 0.3 is 6.03 Å². The van der Waals surface area contributed by atoms with E-state index in [1.54, 1.807) is 18.2 Å². The SMILES string of the molecule is COc1ccc(C(=O)CN2C(=O)NC(Cc3ccccc3)(Cc3ccccc3)C2=O)c(OC)c1. The fraction of sp³-hybridized carbons (Fsp3) is 0.222. The highest BCUT2D eigenvalue weighted by molar-refractivity contribution is 6.12. The molecule has 1 N–H and O–H groups in total. The predicted octanol–water partition coefficient (Wildman–Crippen LogP) is 3.66. The van der Waals surface area contributed by atoms with Crippen molar-refractivity contribution in [3.8, 4) is 11.5 Å². The molecular weight excluding hydrogens is 432 g/mol. The standard InChI is InChI=1S/C27H26N2O5/c1-33-21-13-14-22(24(15-21)34-2)23(30)18-29-25(31)27(28-26(29)32,16-19-9-5-3-6-10-19)17-20-11-7-4-8-12-20/h3-15H,16-18H2,1-2H3,(H,28,32). The van der Waals surface area contributed by atoms with E-state index in [2.05, 4.69) is 5.32 Å². The summed E-state index contributed by atoms with van der Waals surface area (Å²) in [6.45, 7) is -0.390. The minimum atomic E-state index is -1.19. The Morgan fingerprint density at radius 3 is 1.97 bits per heavy atom. The Balaban J connectivity index is 1.63. The van der Waals surface area contributed by atoms with Crippen molar-refractivity contribution < 1.29 is 23.9 Å². The molecule has 0 bridgehead atoms. The van der Waals surface area contributed by atoms with Gasteiger partial charge in [-0.05, 0) is 23.3 Å². The number of urea groups is 1. The molecule has 3 aromatic carbocycles. The summed E-state index contributed by atoms with van der Waals surface area (Å²) < 4.78 is 10.5. The molecule has 4 rings (SSSR count). The fourth-order valence-corrected chi connectivity index (χ4v) is 4.27. The second-order valence-corrected chi connectivity index (χ2v) is 8.22. The number of nitrogens with zero attached hydrogens (tertiary/aromatic N) is 1. The van der Waals surface area contributed by atoms with Crippen molar-refractivity contribution >= 4 is 17.7 Å². The van der Waals surface area contributed by atoms with Crippen LogP contribution in [0.25, 0.3) is 0 Å². The molecule has 0 aliphatic carbocycles. The molecule has 0 unspecified atom stereocenters. The Labute approximate surface area is 198 Å². The van der Waals surface area contributed by atoms with Gasteiger partial charge in [0.05, 0.1) is 26.3 Å². The Morgan fingerprint density at radius 2 is 1.44 bits per heavy atom. The molecule has 1 saturated heterocycles. The Kier molecular flexibility index (Phi) is 6.63. The number of carbonyl (C=O) groups is 3. The molecule has 3 amide bonds. The zero-order chi connectivity index (χ0) is 24.1. The first kappa shape index (κ1) is 23.0. The van der Waals surface area contributed by atoms with E-state index in [1.165, 1.54) is 14.2 Å². The first-order chi connectivity index (χ1) is 16.5. The predicted molar refractivity (Wildman–Crippen MR) is 127 cm³/mol. The van der Waals surface area contributed by atoms with E-state index in [4.69, 9.17) is 9.47 Å². The number of ether oxygens (including phenoxy) is 2. The lowest BCUT2D eigenvalue weighted by atomic mass is 9.84. The maximum Gasteiger partial charge on any atom is 0.325 e. The fourth-order valence-electron chi connectivity index (χ4n) is 4.27. The minimum Gasteiger partial charge on any atom is -0.497 e. The van der Waals surface area contributed by atoms with E-state index < -0.39 is 29.8 Å². The van der Waals surface area contributed by atoms with Crippen molar-refractivity contribution in [1.29, 1.82) is 0 Å². The second kappa shape index (κ2) is 9.79. The lowest BCUT2D eigenvalue weighted by Crippen LogP contribution is -2.51. The summed E-state index contributed by atoms with van der Waals surface area (Å²) in [7, 11) is 2.96. The van der Waals surface area contributed by atoms with Crippen LogP contribution < -0.4 is 14.8 Å². The smallest absolute Gasteiger partial charge is 0.325 e. The lowest BCUT2D eigenvalue weighted by Gasteiger charge is -2.27. The lowest BCUT2D eigenvalue weighted by molar-refractivity contribution is -0.131. The van der Waals surface area contributed by atoms with Crippen molar-refractivity contribution in [2.45, 2.75) is 18.4 Å². The van der Waals surface area contributed by atoms with Crippen molar-refractivity contribution in [2.24, 2.45) is 0 Å². The first-order valence-corrected chi connectivity index (χ1v) is 10.9. The molecule has 0 aromatic heterocycles.